The summed E-state index contributed by atoms with van der Waals surface area (Å²) in [5.74, 6) is 0.457. The van der Waals surface area contributed by atoms with Gasteiger partial charge in [-0.25, -0.2) is 4.79 Å². The number of nitrogens with one attached hydrogen (secondary N) is 1. The third kappa shape index (κ3) is 4.68. The zero-order valence-corrected chi connectivity index (χ0v) is 20.9. The van der Waals surface area contributed by atoms with Crippen LogP contribution in [0.3, 0.4) is 0 Å². The van der Waals surface area contributed by atoms with E-state index in [-0.39, 0.29) is 24.9 Å². The maximum absolute atomic E-state index is 12.9. The van der Waals surface area contributed by atoms with Crippen molar-refractivity contribution in [3.05, 3.63) is 46.1 Å². The van der Waals surface area contributed by atoms with Crippen LogP contribution in [-0.2, 0) is 10.3 Å². The molecule has 1 aliphatic heterocycles. The minimum absolute atomic E-state index is 0.0914. The second kappa shape index (κ2) is 9.09. The van der Waals surface area contributed by atoms with Gasteiger partial charge >= 0.3 is 12.0 Å². The summed E-state index contributed by atoms with van der Waals surface area (Å²) in [5, 5.41) is 13.0. The minimum atomic E-state index is -0.920. The van der Waals surface area contributed by atoms with Gasteiger partial charge in [-0.1, -0.05) is 65.3 Å². The lowest BCUT2D eigenvalue weighted by molar-refractivity contribution is -0.137. The average Bonchev–Trinajstić information content (AvgIpc) is 2.65. The van der Waals surface area contributed by atoms with Crippen molar-refractivity contribution in [2.45, 2.75) is 78.7 Å². The van der Waals surface area contributed by atoms with E-state index in [1.54, 1.807) is 0 Å². The highest BCUT2D eigenvalue weighted by molar-refractivity contribution is 6.31. The van der Waals surface area contributed by atoms with Crippen molar-refractivity contribution in [3.8, 4) is 0 Å². The topological polar surface area (TPSA) is 69.6 Å². The molecule has 3 rings (SSSR count). The summed E-state index contributed by atoms with van der Waals surface area (Å²) in [4.78, 5) is 25.4. The molecule has 1 aromatic rings. The Kier molecular flexibility index (Phi) is 6.99. The molecule has 2 N–H and O–H groups in total. The number of rotatable bonds is 7. The molecule has 1 saturated carbocycles. The Balaban J connectivity index is 1.92. The van der Waals surface area contributed by atoms with Gasteiger partial charge in [0.25, 0.3) is 0 Å². The number of hydrogen-bond acceptors (Lipinski definition) is 2. The monoisotopic (exact) mass is 460 g/mol. The quantitative estimate of drug-likeness (QED) is 0.486. The molecule has 2 aliphatic rings. The minimum Gasteiger partial charge on any atom is -0.481 e. The molecular formula is C26H37ClN2O3. The Hall–Kier alpha value is -2.01. The molecule has 6 heteroatoms. The van der Waals surface area contributed by atoms with Gasteiger partial charge in [-0.05, 0) is 65.2 Å². The van der Waals surface area contributed by atoms with Gasteiger partial charge in [0.1, 0.15) is 0 Å². The maximum Gasteiger partial charge on any atom is 0.322 e. The molecule has 0 unspecified atom stereocenters. The van der Waals surface area contributed by atoms with Crippen LogP contribution in [0.4, 0.5) is 4.79 Å². The van der Waals surface area contributed by atoms with Crippen molar-refractivity contribution in [1.82, 2.24) is 10.2 Å². The SMILES string of the molecule is CC[C@@]1(c2ccc(C3CC(C(C)(C)C)C3)c(Cl)c2)NC(=O)N(CCC(=O)O)C=C1C(C)C. The van der Waals surface area contributed by atoms with Crippen LogP contribution in [-0.4, -0.2) is 28.6 Å². The van der Waals surface area contributed by atoms with Gasteiger partial charge in [-0.15, -0.1) is 0 Å². The van der Waals surface area contributed by atoms with E-state index in [2.05, 4.69) is 59.0 Å². The van der Waals surface area contributed by atoms with Gasteiger partial charge in [0.15, 0.2) is 0 Å². The fraction of sp³-hybridized carbons (Fsp3) is 0.615. The van der Waals surface area contributed by atoms with Crippen molar-refractivity contribution < 1.29 is 14.7 Å². The third-order valence-electron chi connectivity index (χ3n) is 7.38. The van der Waals surface area contributed by atoms with E-state index in [9.17, 15) is 9.59 Å². The van der Waals surface area contributed by atoms with E-state index in [0.29, 0.717) is 17.8 Å². The van der Waals surface area contributed by atoms with Crippen LogP contribution in [0.2, 0.25) is 5.02 Å². The molecule has 0 spiro atoms. The standard InChI is InChI=1S/C26H37ClN2O3/c1-7-26(21(16(2)3)15-29(24(32)28-26)11-10-23(30)31)18-8-9-20(22(27)14-18)17-12-19(13-17)25(4,5)6/h8-9,14-17,19H,7,10-13H2,1-6H3,(H,28,32)(H,30,31)/t17?,19?,26-/m0/s1. The van der Waals surface area contributed by atoms with Crippen LogP contribution in [0.1, 0.15) is 84.3 Å². The van der Waals surface area contributed by atoms with E-state index in [0.717, 1.165) is 34.9 Å². The second-order valence-electron chi connectivity index (χ2n) is 10.7. The van der Waals surface area contributed by atoms with Crippen molar-refractivity contribution in [1.29, 1.82) is 0 Å². The molecule has 2 amide bonds. The van der Waals surface area contributed by atoms with Crippen LogP contribution >= 0.6 is 11.6 Å². The number of urea groups is 1. The number of hydrogen-bond donors (Lipinski definition) is 2. The van der Waals surface area contributed by atoms with E-state index < -0.39 is 11.5 Å². The number of carboxylic acid groups (broad SMARTS) is 1. The van der Waals surface area contributed by atoms with Crippen molar-refractivity contribution in [2.24, 2.45) is 17.3 Å². The highest BCUT2D eigenvalue weighted by Crippen LogP contribution is 2.52. The van der Waals surface area contributed by atoms with E-state index >= 15 is 0 Å². The molecule has 0 radical (unpaired) electrons. The van der Waals surface area contributed by atoms with Crippen LogP contribution in [0.5, 0.6) is 0 Å². The highest BCUT2D eigenvalue weighted by Gasteiger charge is 2.43. The number of carbonyl (C=O) groups excluding carboxylic acids is 1. The summed E-state index contributed by atoms with van der Waals surface area (Å²) in [6, 6.07) is 6.00. The van der Waals surface area contributed by atoms with Gasteiger partial charge in [0.2, 0.25) is 0 Å². The maximum atomic E-state index is 12.9. The van der Waals surface area contributed by atoms with Crippen LogP contribution < -0.4 is 5.32 Å². The Morgan fingerprint density at radius 1 is 1.31 bits per heavy atom. The number of carbonyl (C=O) groups is 2. The van der Waals surface area contributed by atoms with Gasteiger partial charge in [0.05, 0.1) is 12.0 Å². The number of amides is 2. The molecule has 0 bridgehead atoms. The summed E-state index contributed by atoms with van der Waals surface area (Å²) in [7, 11) is 0. The smallest absolute Gasteiger partial charge is 0.322 e. The molecule has 5 nitrogen and oxygen atoms in total. The molecule has 0 saturated heterocycles. The van der Waals surface area contributed by atoms with E-state index in [1.807, 2.05) is 12.3 Å². The lowest BCUT2D eigenvalue weighted by Gasteiger charge is -2.45. The Morgan fingerprint density at radius 3 is 2.47 bits per heavy atom. The van der Waals surface area contributed by atoms with Crippen molar-refractivity contribution in [3.63, 3.8) is 0 Å². The van der Waals surface area contributed by atoms with Crippen LogP contribution in [0, 0.1) is 17.3 Å². The summed E-state index contributed by atoms with van der Waals surface area (Å²) in [6.07, 6.45) is 4.76. The zero-order valence-electron chi connectivity index (χ0n) is 20.2. The summed E-state index contributed by atoms with van der Waals surface area (Å²) >= 11 is 6.81. The summed E-state index contributed by atoms with van der Waals surface area (Å²) < 4.78 is 0. The molecule has 1 atom stereocenters. The fourth-order valence-electron chi connectivity index (χ4n) is 5.13. The predicted octanol–water partition coefficient (Wildman–Crippen LogP) is 6.52. The molecule has 1 heterocycles. The number of aliphatic carboxylic acids is 1. The largest absolute Gasteiger partial charge is 0.481 e. The second-order valence-corrected chi connectivity index (χ2v) is 11.1. The number of benzene rings is 1. The van der Waals surface area contributed by atoms with Gasteiger partial charge < -0.3 is 15.3 Å². The van der Waals surface area contributed by atoms with E-state index in [1.165, 1.54) is 10.5 Å². The Labute approximate surface area is 197 Å². The van der Waals surface area contributed by atoms with Crippen LogP contribution in [0.15, 0.2) is 30.0 Å². The lowest BCUT2D eigenvalue weighted by Crippen LogP contribution is -2.56. The number of nitrogens with zero attached hydrogens (tertiary/aromatic N) is 1. The first kappa shape index (κ1) is 24.6. The number of carboxylic acids is 1. The van der Waals surface area contributed by atoms with Crippen molar-refractivity contribution >= 4 is 23.6 Å². The first-order valence-corrected chi connectivity index (χ1v) is 12.1. The first-order valence-electron chi connectivity index (χ1n) is 11.7. The lowest BCUT2D eigenvalue weighted by atomic mass is 9.61. The third-order valence-corrected chi connectivity index (χ3v) is 7.71. The number of halogens is 1. The molecule has 1 fully saturated rings. The Morgan fingerprint density at radius 2 is 1.97 bits per heavy atom. The normalized spacial score (nSPS) is 25.9. The molecule has 32 heavy (non-hydrogen) atoms. The van der Waals surface area contributed by atoms with Gasteiger partial charge in [-0.3, -0.25) is 4.79 Å². The highest BCUT2D eigenvalue weighted by atomic mass is 35.5. The fourth-order valence-corrected chi connectivity index (χ4v) is 5.46. The van der Waals surface area contributed by atoms with Crippen molar-refractivity contribution in [2.75, 3.05) is 6.54 Å². The molecular weight excluding hydrogens is 424 g/mol. The van der Waals surface area contributed by atoms with E-state index in [4.69, 9.17) is 16.7 Å². The summed E-state index contributed by atoms with van der Waals surface area (Å²) in [6.45, 7) is 13.3. The first-order chi connectivity index (χ1) is 14.9. The van der Waals surface area contributed by atoms with Gasteiger partial charge in [-0.2, -0.15) is 0 Å². The molecule has 1 aliphatic carbocycles. The molecule has 1 aromatic carbocycles. The van der Waals surface area contributed by atoms with Gasteiger partial charge in [0, 0.05) is 17.8 Å². The van der Waals surface area contributed by atoms with Crippen LogP contribution in [0.25, 0.3) is 0 Å². The Bertz CT molecular complexity index is 912. The summed E-state index contributed by atoms with van der Waals surface area (Å²) in [5.41, 5.74) is 2.91. The predicted molar refractivity (Wildman–Crippen MR) is 129 cm³/mol. The average molecular weight is 461 g/mol. The molecule has 0 aromatic heterocycles. The zero-order chi connectivity index (χ0) is 23.8. The molecule has 176 valence electrons.